The Morgan fingerprint density at radius 2 is 0.888 bits per heavy atom. The lowest BCUT2D eigenvalue weighted by Gasteiger charge is -2.49. The van der Waals surface area contributed by atoms with Crippen molar-refractivity contribution in [3.8, 4) is 0 Å². The summed E-state index contributed by atoms with van der Waals surface area (Å²) in [6.45, 7) is 17.3. The van der Waals surface area contributed by atoms with E-state index in [-0.39, 0.29) is 168 Å². The molecule has 2 aliphatic carbocycles. The smallest absolute Gasteiger partial charge is 0.419 e. The Labute approximate surface area is 684 Å². The molecular weight excluding hydrogens is 1580 g/mol. The summed E-state index contributed by atoms with van der Waals surface area (Å²) in [7, 11) is -4.02. The van der Waals surface area contributed by atoms with Crippen molar-refractivity contribution in [3.63, 3.8) is 0 Å². The average molecular weight is 1700 g/mol. The molecule has 0 saturated heterocycles. The van der Waals surface area contributed by atoms with Crippen molar-refractivity contribution in [2.75, 3.05) is 115 Å². The predicted octanol–water partition coefficient (Wildman–Crippen LogP) is 11.9. The molecule has 3 aliphatic heterocycles. The van der Waals surface area contributed by atoms with E-state index in [0.29, 0.717) is 19.4 Å². The van der Waals surface area contributed by atoms with Crippen molar-refractivity contribution in [1.29, 1.82) is 0 Å². The maximum Gasteiger partial charge on any atom is 0.419 e. The number of ether oxygens (including phenoxy) is 10. The normalized spacial score (nSPS) is 22.8. The molecule has 0 bridgehead atoms. The number of carbonyl (C=O) groups is 3. The predicted molar refractivity (Wildman–Crippen MR) is 436 cm³/mol. The summed E-state index contributed by atoms with van der Waals surface area (Å²) in [5.74, 6) is -3.17. The number of hydrogen-bond donors (Lipinski definition) is 2. The van der Waals surface area contributed by atoms with Crippen LogP contribution in [0.1, 0.15) is 165 Å². The maximum absolute atomic E-state index is 15.5. The van der Waals surface area contributed by atoms with Crippen LogP contribution in [0.3, 0.4) is 0 Å². The van der Waals surface area contributed by atoms with Gasteiger partial charge in [-0.15, -0.1) is 0 Å². The van der Waals surface area contributed by atoms with Gasteiger partial charge < -0.3 is 57.6 Å². The van der Waals surface area contributed by atoms with E-state index >= 15 is 13.2 Å². The van der Waals surface area contributed by atoms with Crippen LogP contribution < -0.4 is 0 Å². The first-order chi connectivity index (χ1) is 53.0. The number of guanidine groups is 3. The number of aliphatic hydroxyl groups excluding tert-OH is 2. The number of aliphatic imine (C=N–C) groups is 3. The van der Waals surface area contributed by atoms with Gasteiger partial charge in [0.2, 0.25) is 47.9 Å². The second-order valence-electron chi connectivity index (χ2n) is 31.0. The molecule has 3 amide bonds. The van der Waals surface area contributed by atoms with Gasteiger partial charge in [0, 0.05) is 65.8 Å². The molecule has 36 heteroatoms. The lowest BCUT2D eigenvalue weighted by atomic mass is 9.75. The van der Waals surface area contributed by atoms with Gasteiger partial charge in [-0.2, -0.15) is 0 Å². The van der Waals surface area contributed by atoms with E-state index in [9.17, 15) is 49.9 Å². The summed E-state index contributed by atoms with van der Waals surface area (Å²) < 4.78 is 186. The number of sulfonamides is 3. The molecule has 0 aromatic heterocycles. The number of halogens is 3. The fourth-order valence-electron chi connectivity index (χ4n) is 13.3. The second kappa shape index (κ2) is 42.9. The lowest BCUT2D eigenvalue weighted by Crippen LogP contribution is -2.62. The Hall–Kier alpha value is -7.62. The number of aliphatic hydroxyl groups is 2. The fraction of sp³-hybridized carbons (Fsp3) is 0.625. The Kier molecular flexibility index (Phi) is 37.2. The Morgan fingerprint density at radius 1 is 0.526 bits per heavy atom. The second-order valence-corrected chi connectivity index (χ2v) is 37.3. The zero-order chi connectivity index (χ0) is 83.7. The van der Waals surface area contributed by atoms with Gasteiger partial charge in [0.05, 0.1) is 64.2 Å². The van der Waals surface area contributed by atoms with Crippen molar-refractivity contribution in [1.82, 2.24) is 27.6 Å². The highest BCUT2D eigenvalue weighted by Gasteiger charge is 2.60. The Morgan fingerprint density at radius 3 is 1.27 bits per heavy atom. The number of benzene rings is 4. The molecule has 3 heterocycles. The minimum atomic E-state index is -4.18. The van der Waals surface area contributed by atoms with Gasteiger partial charge >= 0.3 is 18.3 Å². The van der Waals surface area contributed by atoms with Crippen LogP contribution in [0.25, 0.3) is 0 Å². The van der Waals surface area contributed by atoms with E-state index in [4.69, 9.17) is 62.3 Å². The summed E-state index contributed by atoms with van der Waals surface area (Å²) in [5, 5.41) is 17.5. The molecule has 2 saturated carbocycles. The molecule has 2 fully saturated rings. The molecule has 654 valence electrons. The monoisotopic (exact) mass is 1700 g/mol. The van der Waals surface area contributed by atoms with E-state index < -0.39 is 128 Å². The summed E-state index contributed by atoms with van der Waals surface area (Å²) in [6.07, 6.45) is -2.46. The van der Waals surface area contributed by atoms with Crippen LogP contribution in [0.2, 0.25) is 0 Å². The lowest BCUT2D eigenvalue weighted by molar-refractivity contribution is -0.00766. The van der Waals surface area contributed by atoms with Gasteiger partial charge in [0.1, 0.15) is 81.6 Å². The van der Waals surface area contributed by atoms with E-state index in [1.54, 1.807) is 99.6 Å². The Balaban J connectivity index is 0.000000364. The van der Waals surface area contributed by atoms with Crippen LogP contribution in [-0.2, 0) is 101 Å². The highest BCUT2D eigenvalue weighted by atomic mass is 32.2. The van der Waals surface area contributed by atoms with Gasteiger partial charge in [-0.05, 0) is 143 Å². The van der Waals surface area contributed by atoms with Gasteiger partial charge in [0.15, 0.2) is 0 Å². The van der Waals surface area contributed by atoms with E-state index in [1.807, 2.05) is 30.3 Å². The van der Waals surface area contributed by atoms with E-state index in [0.717, 1.165) is 33.2 Å². The molecule has 5 aliphatic rings. The fourth-order valence-corrected chi connectivity index (χ4v) is 18.9. The van der Waals surface area contributed by atoms with Crippen LogP contribution in [0, 0.1) is 23.4 Å². The number of hydrogen-bond acceptors (Lipinski definition) is 24. The zero-order valence-corrected chi connectivity index (χ0v) is 69.8. The quantitative estimate of drug-likeness (QED) is 0.0353. The van der Waals surface area contributed by atoms with Gasteiger partial charge in [-0.1, -0.05) is 114 Å². The zero-order valence-electron chi connectivity index (χ0n) is 67.4. The van der Waals surface area contributed by atoms with Crippen molar-refractivity contribution < 1.29 is 110 Å². The molecule has 8 unspecified atom stereocenters. The summed E-state index contributed by atoms with van der Waals surface area (Å²) in [4.78, 5) is 57.2. The third-order valence-electron chi connectivity index (χ3n) is 19.1. The van der Waals surface area contributed by atoms with Crippen molar-refractivity contribution in [2.45, 2.75) is 206 Å². The summed E-state index contributed by atoms with van der Waals surface area (Å²) >= 11 is 0. The SMILES string of the molecule is C.C.C.COCCOCN(C(=O)OC(C)(C)C)C1=NC(CCC(C)CO)(c2ccccc2F)CS(=O)(=O)N1C.COCCOCN(C(=O)OC(C)(C)C)C1=NC2(c3ccccc3F)CCC(O)CC2S(=O)(=O)N1C.COCCOCN(C(=O)OC(C)(C)C)C1=NC2(c3ccccc3F)CCC(OCc3ccccc3)CC2S(=O)(=O)N1C. The molecule has 30 nitrogen and oxygen atoms in total. The number of fused-ring (bicyclic) bond motifs is 2. The third-order valence-corrected chi connectivity index (χ3v) is 25.4. The molecular formula is C80H124F3N9O21S3. The number of methoxy groups -OCH3 is 3. The Bertz CT molecular complexity index is 4310. The van der Waals surface area contributed by atoms with Crippen LogP contribution in [0.4, 0.5) is 27.6 Å². The third kappa shape index (κ3) is 25.2. The molecule has 9 rings (SSSR count). The van der Waals surface area contributed by atoms with Crippen molar-refractivity contribution in [2.24, 2.45) is 20.9 Å². The topological polar surface area (TPSA) is 343 Å². The average Bonchev–Trinajstić information content (AvgIpc) is 0.716. The molecule has 4 aromatic carbocycles. The largest absolute Gasteiger partial charge is 0.443 e. The maximum atomic E-state index is 15.5. The number of rotatable bonds is 25. The van der Waals surface area contributed by atoms with Crippen LogP contribution in [-0.4, -0.2) is 253 Å². The molecule has 0 spiro atoms. The first-order valence-electron chi connectivity index (χ1n) is 37.1. The van der Waals surface area contributed by atoms with Crippen LogP contribution >= 0.6 is 0 Å². The molecule has 8 atom stereocenters. The molecule has 0 radical (unpaired) electrons. The molecule has 4 aromatic rings. The minimum absolute atomic E-state index is 0. The molecule has 116 heavy (non-hydrogen) atoms. The highest BCUT2D eigenvalue weighted by Crippen LogP contribution is 2.51. The molecule has 2 N–H and O–H groups in total. The highest BCUT2D eigenvalue weighted by molar-refractivity contribution is 7.90. The van der Waals surface area contributed by atoms with Crippen LogP contribution in [0.5, 0.6) is 0 Å². The van der Waals surface area contributed by atoms with Crippen molar-refractivity contribution in [3.05, 3.63) is 143 Å². The first-order valence-corrected chi connectivity index (χ1v) is 41.7. The first kappa shape index (κ1) is 101. The standard InChI is InChI=1S/C30H40FN3O7S.C24H38FN3O7S.C23H34FN3O7S.3CH4/c1-29(2,3)41-28(35)34(21-39-18-17-38-5)27-32-30(24-13-9-10-14-25(24)31)16-15-23(19-26(30)42(36,37)33(27)4)40-20-22-11-7-6-8-12-22;1-18(15-29)11-12-24(19-9-7-8-10-20(19)25)16-36(31,32)27(5)21(26-24)28(17-34-14-13-33-6)22(30)35-23(2,3)4;1-22(2,3)34-21(29)27(15-33-13-12-32-5)20-25-23(17-8-6-7-9-18(17)24)11-10-16(28)14-19(23)35(30,31)26(20)4;;;/h6-14,23,26H,15-21H2,1-5H3;7-10,18,29H,11-17H2,1-6H3;6-9,16,19,28H,10-15H2,1-5H3;3*1H4. The van der Waals surface area contributed by atoms with Gasteiger partial charge in [0.25, 0.3) is 0 Å². The number of amides is 3. The van der Waals surface area contributed by atoms with E-state index in [2.05, 4.69) is 0 Å². The van der Waals surface area contributed by atoms with E-state index in [1.165, 1.54) is 84.9 Å². The van der Waals surface area contributed by atoms with Crippen LogP contribution in [0.15, 0.2) is 118 Å². The van der Waals surface area contributed by atoms with Gasteiger partial charge in [-0.3, -0.25) is 0 Å². The van der Waals surface area contributed by atoms with Gasteiger partial charge in [-0.25, -0.2) is 95.4 Å². The minimum Gasteiger partial charge on any atom is -0.443 e. The summed E-state index contributed by atoms with van der Waals surface area (Å²) in [5.41, 5.74) is -5.93. The number of carbonyl (C=O) groups excluding carboxylic acids is 3. The number of nitrogens with zero attached hydrogens (tertiary/aromatic N) is 9. The van der Waals surface area contributed by atoms with Crippen molar-refractivity contribution >= 4 is 66.2 Å². The summed E-state index contributed by atoms with van der Waals surface area (Å²) in [6, 6.07) is 27.4.